The van der Waals surface area contributed by atoms with Gasteiger partial charge in [-0.2, -0.15) is 4.37 Å². The van der Waals surface area contributed by atoms with Gasteiger partial charge < -0.3 is 20.9 Å². The van der Waals surface area contributed by atoms with Crippen molar-refractivity contribution in [1.82, 2.24) is 14.7 Å². The molecule has 11 heteroatoms. The largest absolute Gasteiger partial charge is 0.380 e. The number of pyridine rings is 1. The van der Waals surface area contributed by atoms with E-state index in [1.807, 2.05) is 0 Å². The molecule has 3 atom stereocenters. The summed E-state index contributed by atoms with van der Waals surface area (Å²) in [7, 11) is 0. The van der Waals surface area contributed by atoms with Crippen LogP contribution < -0.4 is 16.4 Å². The van der Waals surface area contributed by atoms with Crippen molar-refractivity contribution in [3.05, 3.63) is 28.7 Å². The number of anilines is 1. The van der Waals surface area contributed by atoms with Crippen LogP contribution in [0.5, 0.6) is 0 Å². The third-order valence-corrected chi connectivity index (χ3v) is 5.54. The number of rotatable bonds is 4. The summed E-state index contributed by atoms with van der Waals surface area (Å²) in [4.78, 5) is 4.65. The van der Waals surface area contributed by atoms with E-state index in [1.165, 1.54) is 6.07 Å². The van der Waals surface area contributed by atoms with Gasteiger partial charge in [0.25, 0.3) is 6.43 Å². The van der Waals surface area contributed by atoms with Crippen LogP contribution in [0.3, 0.4) is 0 Å². The van der Waals surface area contributed by atoms with Gasteiger partial charge in [0.1, 0.15) is 11.9 Å². The van der Waals surface area contributed by atoms with Crippen LogP contribution in [0.4, 0.5) is 19.0 Å². The molecular formula is C16H18F3N5O2S. The first-order valence-electron chi connectivity index (χ1n) is 8.44. The molecule has 0 aromatic carbocycles. The van der Waals surface area contributed by atoms with Gasteiger partial charge in [-0.25, -0.2) is 18.2 Å². The number of halogens is 3. The highest BCUT2D eigenvalue weighted by molar-refractivity contribution is 7.09. The summed E-state index contributed by atoms with van der Waals surface area (Å²) >= 11 is 0.834. The van der Waals surface area contributed by atoms with Crippen LogP contribution >= 0.6 is 11.5 Å². The quantitative estimate of drug-likeness (QED) is 0.620. The number of ether oxygens (including phenoxy) is 1. The third kappa shape index (κ3) is 3.41. The van der Waals surface area contributed by atoms with Gasteiger partial charge in [-0.3, -0.25) is 5.32 Å². The van der Waals surface area contributed by atoms with Gasteiger partial charge in [0.2, 0.25) is 0 Å². The lowest BCUT2D eigenvalue weighted by Crippen LogP contribution is -2.47. The van der Waals surface area contributed by atoms with Gasteiger partial charge in [-0.1, -0.05) is 0 Å². The summed E-state index contributed by atoms with van der Waals surface area (Å²) in [6, 6.07) is 0.656. The molecule has 0 saturated carbocycles. The second-order valence-corrected chi connectivity index (χ2v) is 7.30. The molecule has 0 aliphatic carbocycles. The number of fused-ring (bicyclic) bond motifs is 1. The zero-order valence-corrected chi connectivity index (χ0v) is 14.9. The summed E-state index contributed by atoms with van der Waals surface area (Å²) < 4.78 is 49.8. The molecule has 4 heterocycles. The fraction of sp³-hybridized carbons (Fsp3) is 0.500. The highest BCUT2D eigenvalue weighted by Crippen LogP contribution is 2.39. The molecule has 3 unspecified atom stereocenters. The molecule has 2 aromatic heterocycles. The molecule has 1 fully saturated rings. The number of nitrogens with one attached hydrogen (secondary N) is 2. The molecule has 0 spiro atoms. The number of aromatic nitrogens is 2. The topological polar surface area (TPSA) is 105 Å². The Balaban J connectivity index is 1.76. The fourth-order valence-corrected chi connectivity index (χ4v) is 4.05. The Morgan fingerprint density at radius 3 is 2.96 bits per heavy atom. The van der Waals surface area contributed by atoms with Gasteiger partial charge in [-0.05, 0) is 24.0 Å². The molecule has 1 saturated heterocycles. The maximum atomic E-state index is 15.0. The summed E-state index contributed by atoms with van der Waals surface area (Å²) in [6.45, 7) is 0.953. The number of nitrogens with zero attached hydrogens (tertiary/aromatic N) is 2. The van der Waals surface area contributed by atoms with E-state index in [0.717, 1.165) is 11.5 Å². The summed E-state index contributed by atoms with van der Waals surface area (Å²) in [5.41, 5.74) is 6.37. The molecular weight excluding hydrogens is 383 g/mol. The average molecular weight is 401 g/mol. The van der Waals surface area contributed by atoms with Crippen molar-refractivity contribution in [3.63, 3.8) is 0 Å². The molecule has 5 N–H and O–H groups in total. The van der Waals surface area contributed by atoms with Crippen molar-refractivity contribution in [3.8, 4) is 10.6 Å². The Kier molecular flexibility index (Phi) is 5.03. The molecule has 27 heavy (non-hydrogen) atoms. The van der Waals surface area contributed by atoms with E-state index < -0.39 is 18.5 Å². The average Bonchev–Trinajstić information content (AvgIpc) is 3.27. The van der Waals surface area contributed by atoms with Crippen LogP contribution in [0.15, 0.2) is 6.07 Å². The molecule has 146 valence electrons. The predicted molar refractivity (Wildman–Crippen MR) is 92.9 cm³/mol. The lowest BCUT2D eigenvalue weighted by molar-refractivity contribution is 0.0751. The van der Waals surface area contributed by atoms with Crippen LogP contribution in [0, 0.1) is 5.82 Å². The third-order valence-electron chi connectivity index (χ3n) is 4.73. The van der Waals surface area contributed by atoms with Crippen LogP contribution in [0.25, 0.3) is 10.6 Å². The number of hydrogen-bond acceptors (Lipinski definition) is 8. The summed E-state index contributed by atoms with van der Waals surface area (Å²) in [6.07, 6.45) is -3.26. The summed E-state index contributed by atoms with van der Waals surface area (Å²) in [5.74, 6) is -0.607. The minimum absolute atomic E-state index is 0.0194. The standard InChI is InChI=1S/C16H18F3N5O2S/c17-12-6-4-21-16(25)11(6)13(10-3-9(14(18)19)24-27-10)23-15(12)22-8-1-2-26-5-7(8)20/h3,7-8,14,16,21,25H,1-2,4-5,20H2,(H,22,23). The molecule has 0 radical (unpaired) electrons. The van der Waals surface area contributed by atoms with Crippen molar-refractivity contribution < 1.29 is 23.0 Å². The van der Waals surface area contributed by atoms with Gasteiger partial charge in [0.15, 0.2) is 11.6 Å². The Morgan fingerprint density at radius 2 is 2.26 bits per heavy atom. The lowest BCUT2D eigenvalue weighted by Gasteiger charge is -2.30. The SMILES string of the molecule is NC1COCCC1Nc1nc(-c2cc(C(F)F)ns2)c2c(c1F)CNC2O. The minimum atomic E-state index is -2.72. The van der Waals surface area contributed by atoms with Crippen LogP contribution in [-0.4, -0.2) is 39.8 Å². The van der Waals surface area contributed by atoms with Gasteiger partial charge in [0, 0.05) is 36.4 Å². The Labute approximate surface area is 156 Å². The normalized spacial score (nSPS) is 25.0. The first-order chi connectivity index (χ1) is 13.0. The number of aliphatic hydroxyl groups is 1. The van der Waals surface area contributed by atoms with E-state index in [1.54, 1.807) is 0 Å². The van der Waals surface area contributed by atoms with E-state index in [4.69, 9.17) is 10.5 Å². The minimum Gasteiger partial charge on any atom is -0.380 e. The van der Waals surface area contributed by atoms with Crippen molar-refractivity contribution in [1.29, 1.82) is 0 Å². The Hall–Kier alpha value is -1.79. The highest BCUT2D eigenvalue weighted by atomic mass is 32.1. The molecule has 0 amide bonds. The lowest BCUT2D eigenvalue weighted by atomic mass is 10.0. The Morgan fingerprint density at radius 1 is 1.44 bits per heavy atom. The zero-order chi connectivity index (χ0) is 19.1. The van der Waals surface area contributed by atoms with Gasteiger partial charge in [0.05, 0.1) is 17.2 Å². The van der Waals surface area contributed by atoms with Crippen molar-refractivity contribution in [2.75, 3.05) is 18.5 Å². The van der Waals surface area contributed by atoms with Crippen molar-refractivity contribution in [2.24, 2.45) is 5.73 Å². The molecule has 2 aliphatic heterocycles. The molecule has 2 aliphatic rings. The fourth-order valence-electron chi connectivity index (χ4n) is 3.29. The van der Waals surface area contributed by atoms with E-state index in [2.05, 4.69) is 20.0 Å². The summed E-state index contributed by atoms with van der Waals surface area (Å²) in [5, 5.41) is 15.9. The van der Waals surface area contributed by atoms with Crippen LogP contribution in [-0.2, 0) is 11.3 Å². The maximum absolute atomic E-state index is 15.0. The molecule has 0 bridgehead atoms. The first kappa shape index (κ1) is 18.6. The molecule has 4 rings (SSSR count). The maximum Gasteiger partial charge on any atom is 0.281 e. The van der Waals surface area contributed by atoms with E-state index in [9.17, 15) is 18.3 Å². The van der Waals surface area contributed by atoms with Crippen molar-refractivity contribution >= 4 is 17.4 Å². The Bertz CT molecular complexity index is 850. The van der Waals surface area contributed by atoms with E-state index in [0.29, 0.717) is 24.5 Å². The number of aliphatic hydroxyl groups excluding tert-OH is 1. The van der Waals surface area contributed by atoms with E-state index >= 15 is 0 Å². The monoisotopic (exact) mass is 401 g/mol. The second-order valence-electron chi connectivity index (χ2n) is 6.49. The second kappa shape index (κ2) is 7.32. The molecule has 2 aromatic rings. The number of hydrogen-bond donors (Lipinski definition) is 4. The van der Waals surface area contributed by atoms with Gasteiger partial charge >= 0.3 is 0 Å². The predicted octanol–water partition coefficient (Wildman–Crippen LogP) is 1.90. The number of nitrogens with two attached hydrogens (primary N) is 1. The first-order valence-corrected chi connectivity index (χ1v) is 9.21. The van der Waals surface area contributed by atoms with Crippen LogP contribution in [0.1, 0.15) is 35.9 Å². The van der Waals surface area contributed by atoms with E-state index in [-0.39, 0.29) is 47.0 Å². The number of alkyl halides is 2. The van der Waals surface area contributed by atoms with Crippen molar-refractivity contribution in [2.45, 2.75) is 37.7 Å². The zero-order valence-electron chi connectivity index (χ0n) is 14.1. The van der Waals surface area contributed by atoms with Gasteiger partial charge in [-0.15, -0.1) is 0 Å². The highest BCUT2D eigenvalue weighted by Gasteiger charge is 2.32. The van der Waals surface area contributed by atoms with Crippen LogP contribution in [0.2, 0.25) is 0 Å². The molecule has 7 nitrogen and oxygen atoms in total. The smallest absolute Gasteiger partial charge is 0.281 e.